The second kappa shape index (κ2) is 5.34. The second-order valence-corrected chi connectivity index (χ2v) is 4.78. The van der Waals surface area contributed by atoms with E-state index in [1.807, 2.05) is 0 Å². The molecule has 0 aromatic carbocycles. The van der Waals surface area contributed by atoms with Crippen molar-refractivity contribution in [2.24, 2.45) is 0 Å². The van der Waals surface area contributed by atoms with Crippen molar-refractivity contribution in [3.8, 4) is 5.88 Å². The highest BCUT2D eigenvalue weighted by Crippen LogP contribution is 2.33. The minimum absolute atomic E-state index is 0.0401. The lowest BCUT2D eigenvalue weighted by Crippen LogP contribution is -2.20. The third-order valence-electron chi connectivity index (χ3n) is 2.94. The Hall–Kier alpha value is -0.970. The Morgan fingerprint density at radius 3 is 2.44 bits per heavy atom. The van der Waals surface area contributed by atoms with Gasteiger partial charge in [0.05, 0.1) is 5.56 Å². The topological polar surface area (TPSA) is 22.1 Å². The molecule has 2 nitrogen and oxygen atoms in total. The van der Waals surface area contributed by atoms with Crippen LogP contribution in [0.1, 0.15) is 37.7 Å². The Labute approximate surface area is 108 Å². The summed E-state index contributed by atoms with van der Waals surface area (Å²) >= 11 is 5.58. The summed E-state index contributed by atoms with van der Waals surface area (Å²) in [5.41, 5.74) is -0.826. The molecule has 2 rings (SSSR count). The molecule has 0 atom stereocenters. The second-order valence-electron chi connectivity index (χ2n) is 4.39. The molecule has 0 aliphatic heterocycles. The number of pyridine rings is 1. The van der Waals surface area contributed by atoms with Gasteiger partial charge in [-0.15, -0.1) is 0 Å². The first-order valence-electron chi connectivity index (χ1n) is 5.86. The summed E-state index contributed by atoms with van der Waals surface area (Å²) in [5, 5.41) is -0.198. The zero-order chi connectivity index (χ0) is 13.2. The van der Waals surface area contributed by atoms with Crippen LogP contribution in [0.5, 0.6) is 5.88 Å². The number of alkyl halides is 3. The molecule has 0 saturated heterocycles. The minimum atomic E-state index is -4.43. The van der Waals surface area contributed by atoms with Gasteiger partial charge in [-0.25, -0.2) is 4.98 Å². The predicted octanol–water partition coefficient (Wildman–Crippen LogP) is 4.47. The summed E-state index contributed by atoms with van der Waals surface area (Å²) in [6.45, 7) is 0. The quantitative estimate of drug-likeness (QED) is 0.746. The van der Waals surface area contributed by atoms with Crippen LogP contribution in [0.4, 0.5) is 13.2 Å². The Kier molecular flexibility index (Phi) is 4.00. The fourth-order valence-corrected chi connectivity index (χ4v) is 2.25. The van der Waals surface area contributed by atoms with E-state index in [9.17, 15) is 13.2 Å². The van der Waals surface area contributed by atoms with E-state index in [0.717, 1.165) is 44.2 Å². The minimum Gasteiger partial charge on any atom is -0.474 e. The summed E-state index contributed by atoms with van der Waals surface area (Å²) < 4.78 is 43.2. The molecular weight excluding hydrogens is 267 g/mol. The largest absolute Gasteiger partial charge is 0.474 e. The van der Waals surface area contributed by atoms with Crippen molar-refractivity contribution in [1.29, 1.82) is 0 Å². The molecule has 0 unspecified atom stereocenters. The molecule has 1 aliphatic rings. The van der Waals surface area contributed by atoms with Gasteiger partial charge in [0, 0.05) is 6.07 Å². The summed E-state index contributed by atoms with van der Waals surface area (Å²) in [6.07, 6.45) is 0.457. The number of rotatable bonds is 2. The van der Waals surface area contributed by atoms with E-state index in [1.165, 1.54) is 0 Å². The van der Waals surface area contributed by atoms with E-state index < -0.39 is 11.7 Å². The van der Waals surface area contributed by atoms with Gasteiger partial charge in [-0.1, -0.05) is 18.0 Å². The third kappa shape index (κ3) is 3.51. The van der Waals surface area contributed by atoms with Gasteiger partial charge in [-0.3, -0.25) is 0 Å². The molecule has 0 radical (unpaired) electrons. The number of hydrogen-bond donors (Lipinski definition) is 0. The van der Waals surface area contributed by atoms with Crippen molar-refractivity contribution in [3.63, 3.8) is 0 Å². The molecule has 0 N–H and O–H groups in total. The normalized spacial score (nSPS) is 17.8. The number of aromatic nitrogens is 1. The standard InChI is InChI=1S/C12H13ClF3NO/c13-10-6-8(12(14,15)16)7-11(17-10)18-9-4-2-1-3-5-9/h6-7,9H,1-5H2. The van der Waals surface area contributed by atoms with Gasteiger partial charge in [0.15, 0.2) is 0 Å². The van der Waals surface area contributed by atoms with E-state index >= 15 is 0 Å². The van der Waals surface area contributed by atoms with Gasteiger partial charge in [0.2, 0.25) is 5.88 Å². The highest BCUT2D eigenvalue weighted by Gasteiger charge is 2.32. The Morgan fingerprint density at radius 1 is 1.17 bits per heavy atom. The third-order valence-corrected chi connectivity index (χ3v) is 3.13. The molecule has 1 fully saturated rings. The fraction of sp³-hybridized carbons (Fsp3) is 0.583. The van der Waals surface area contributed by atoms with Crippen LogP contribution in [0.2, 0.25) is 5.15 Å². The lowest BCUT2D eigenvalue weighted by Gasteiger charge is -2.22. The van der Waals surface area contributed by atoms with E-state index in [1.54, 1.807) is 0 Å². The maximum absolute atomic E-state index is 12.6. The van der Waals surface area contributed by atoms with Crippen molar-refractivity contribution in [2.75, 3.05) is 0 Å². The Balaban J connectivity index is 2.14. The SMILES string of the molecule is FC(F)(F)c1cc(Cl)nc(OC2CCCCC2)c1. The highest BCUT2D eigenvalue weighted by molar-refractivity contribution is 6.29. The highest BCUT2D eigenvalue weighted by atomic mass is 35.5. The van der Waals surface area contributed by atoms with Crippen LogP contribution in [0.15, 0.2) is 12.1 Å². The molecular formula is C12H13ClF3NO. The van der Waals surface area contributed by atoms with Gasteiger partial charge >= 0.3 is 6.18 Å². The van der Waals surface area contributed by atoms with Crippen LogP contribution in [-0.4, -0.2) is 11.1 Å². The summed E-state index contributed by atoms with van der Waals surface area (Å²) in [5.74, 6) is -0.0401. The lowest BCUT2D eigenvalue weighted by atomic mass is 9.98. The van der Waals surface area contributed by atoms with Crippen molar-refractivity contribution in [1.82, 2.24) is 4.98 Å². The molecule has 18 heavy (non-hydrogen) atoms. The van der Waals surface area contributed by atoms with Gasteiger partial charge in [-0.2, -0.15) is 13.2 Å². The average Bonchev–Trinajstić information content (AvgIpc) is 2.28. The molecule has 1 aliphatic carbocycles. The van der Waals surface area contributed by atoms with Crippen LogP contribution in [0.25, 0.3) is 0 Å². The lowest BCUT2D eigenvalue weighted by molar-refractivity contribution is -0.137. The first-order valence-corrected chi connectivity index (χ1v) is 6.24. The van der Waals surface area contributed by atoms with E-state index in [2.05, 4.69) is 4.98 Å². The summed E-state index contributed by atoms with van der Waals surface area (Å²) in [6, 6.07) is 1.70. The summed E-state index contributed by atoms with van der Waals surface area (Å²) in [7, 11) is 0. The zero-order valence-electron chi connectivity index (χ0n) is 9.63. The van der Waals surface area contributed by atoms with E-state index in [0.29, 0.717) is 0 Å². The molecule has 1 heterocycles. The van der Waals surface area contributed by atoms with Crippen LogP contribution in [-0.2, 0) is 6.18 Å². The average molecular weight is 280 g/mol. The molecule has 1 saturated carbocycles. The van der Waals surface area contributed by atoms with Crippen molar-refractivity contribution in [3.05, 3.63) is 22.8 Å². The number of hydrogen-bond acceptors (Lipinski definition) is 2. The van der Waals surface area contributed by atoms with Crippen LogP contribution < -0.4 is 4.74 Å². The number of ether oxygens (including phenoxy) is 1. The van der Waals surface area contributed by atoms with Crippen molar-refractivity contribution in [2.45, 2.75) is 44.4 Å². The smallest absolute Gasteiger partial charge is 0.416 e. The van der Waals surface area contributed by atoms with E-state index in [-0.39, 0.29) is 17.1 Å². The maximum Gasteiger partial charge on any atom is 0.416 e. The monoisotopic (exact) mass is 279 g/mol. The fourth-order valence-electron chi connectivity index (χ4n) is 2.05. The van der Waals surface area contributed by atoms with Crippen LogP contribution >= 0.6 is 11.6 Å². The molecule has 1 aromatic rings. The summed E-state index contributed by atoms with van der Waals surface area (Å²) in [4.78, 5) is 3.78. The first kappa shape index (κ1) is 13.5. The predicted molar refractivity (Wildman–Crippen MR) is 61.8 cm³/mol. The Morgan fingerprint density at radius 2 is 1.83 bits per heavy atom. The van der Waals surface area contributed by atoms with Crippen LogP contribution in [0.3, 0.4) is 0 Å². The molecule has 0 amide bonds. The molecule has 0 spiro atoms. The van der Waals surface area contributed by atoms with Crippen molar-refractivity contribution >= 4 is 11.6 Å². The Bertz CT molecular complexity index is 416. The molecule has 100 valence electrons. The van der Waals surface area contributed by atoms with Crippen molar-refractivity contribution < 1.29 is 17.9 Å². The van der Waals surface area contributed by atoms with Gasteiger partial charge < -0.3 is 4.74 Å². The molecule has 1 aromatic heterocycles. The zero-order valence-corrected chi connectivity index (χ0v) is 10.4. The van der Waals surface area contributed by atoms with Gasteiger partial charge in [0.25, 0.3) is 0 Å². The molecule has 0 bridgehead atoms. The van der Waals surface area contributed by atoms with Gasteiger partial charge in [0.1, 0.15) is 11.3 Å². The number of halogens is 4. The van der Waals surface area contributed by atoms with Gasteiger partial charge in [-0.05, 0) is 31.7 Å². The molecule has 6 heteroatoms. The number of nitrogens with zero attached hydrogens (tertiary/aromatic N) is 1. The first-order chi connectivity index (χ1) is 8.45. The maximum atomic E-state index is 12.6. The van der Waals surface area contributed by atoms with Crippen LogP contribution in [0, 0.1) is 0 Å². The van der Waals surface area contributed by atoms with E-state index in [4.69, 9.17) is 16.3 Å².